The number of hydrogen-bond acceptors (Lipinski definition) is 5. The van der Waals surface area contributed by atoms with Gasteiger partial charge < -0.3 is 14.9 Å². The van der Waals surface area contributed by atoms with Gasteiger partial charge in [0.25, 0.3) is 0 Å². The van der Waals surface area contributed by atoms with Crippen molar-refractivity contribution in [3.8, 4) is 22.6 Å². The Bertz CT molecular complexity index is 1100. The summed E-state index contributed by atoms with van der Waals surface area (Å²) in [4.78, 5) is 23.8. The average molecular weight is 409 g/mol. The number of aromatic nitrogens is 3. The molecule has 0 aliphatic rings. The van der Waals surface area contributed by atoms with Crippen LogP contribution in [0.25, 0.3) is 16.8 Å². The molecular weight excluding hydrogens is 386 g/mol. The Morgan fingerprint density at radius 1 is 1.10 bits per heavy atom. The van der Waals surface area contributed by atoms with E-state index >= 15 is 0 Å². The van der Waals surface area contributed by atoms with Crippen molar-refractivity contribution in [2.24, 2.45) is 5.41 Å². The number of carboxylic acid groups (broad SMARTS) is 2. The quantitative estimate of drug-likeness (QED) is 0.631. The van der Waals surface area contributed by atoms with E-state index in [-0.39, 0.29) is 22.1 Å². The van der Waals surface area contributed by atoms with Gasteiger partial charge in [-0.2, -0.15) is 0 Å². The van der Waals surface area contributed by atoms with Crippen molar-refractivity contribution in [1.82, 2.24) is 15.0 Å². The zero-order chi connectivity index (χ0) is 22.1. The standard InChI is InChI=1S/C22H23N3O5/c1-13-5-7-15(20(26)27)19(18(13)21(28)29)14-6-8-17(30-12-22(2,3)4)16(11-14)25-10-9-23-24-25/h5-11H,12H2,1-4H3,(H,26,27)(H,28,29). The summed E-state index contributed by atoms with van der Waals surface area (Å²) in [6, 6.07) is 7.93. The van der Waals surface area contributed by atoms with Crippen molar-refractivity contribution in [2.45, 2.75) is 27.7 Å². The monoisotopic (exact) mass is 409 g/mol. The lowest BCUT2D eigenvalue weighted by atomic mass is 9.90. The van der Waals surface area contributed by atoms with E-state index < -0.39 is 11.9 Å². The summed E-state index contributed by atoms with van der Waals surface area (Å²) >= 11 is 0. The van der Waals surface area contributed by atoms with Gasteiger partial charge in [-0.15, -0.1) is 5.10 Å². The number of benzene rings is 2. The van der Waals surface area contributed by atoms with Crippen LogP contribution in [0.3, 0.4) is 0 Å². The molecule has 1 aromatic heterocycles. The predicted molar refractivity (Wildman–Crippen MR) is 110 cm³/mol. The number of ether oxygens (including phenoxy) is 1. The third-order valence-corrected chi connectivity index (χ3v) is 4.44. The first-order valence-electron chi connectivity index (χ1n) is 9.32. The predicted octanol–water partition coefficient (Wildman–Crippen LogP) is 4.06. The Morgan fingerprint density at radius 3 is 2.40 bits per heavy atom. The van der Waals surface area contributed by atoms with Gasteiger partial charge >= 0.3 is 11.9 Å². The molecule has 156 valence electrons. The van der Waals surface area contributed by atoms with Gasteiger partial charge in [0, 0.05) is 5.56 Å². The summed E-state index contributed by atoms with van der Waals surface area (Å²) in [6.45, 7) is 8.21. The number of hydrogen-bond donors (Lipinski definition) is 2. The maximum absolute atomic E-state index is 11.9. The van der Waals surface area contributed by atoms with Crippen LogP contribution in [0.15, 0.2) is 42.7 Å². The lowest BCUT2D eigenvalue weighted by Gasteiger charge is -2.21. The smallest absolute Gasteiger partial charge is 0.336 e. The first kappa shape index (κ1) is 21.0. The van der Waals surface area contributed by atoms with Crippen LogP contribution in [0, 0.1) is 12.3 Å². The van der Waals surface area contributed by atoms with Crippen molar-refractivity contribution in [3.63, 3.8) is 0 Å². The second kappa shape index (κ2) is 7.98. The Labute approximate surface area is 173 Å². The summed E-state index contributed by atoms with van der Waals surface area (Å²) in [5.74, 6) is -1.87. The van der Waals surface area contributed by atoms with Gasteiger partial charge in [-0.25, -0.2) is 14.3 Å². The van der Waals surface area contributed by atoms with E-state index in [1.54, 1.807) is 31.3 Å². The molecule has 0 unspecified atom stereocenters. The largest absolute Gasteiger partial charge is 0.491 e. The van der Waals surface area contributed by atoms with E-state index in [1.165, 1.54) is 23.0 Å². The highest BCUT2D eigenvalue weighted by molar-refractivity contribution is 6.06. The van der Waals surface area contributed by atoms with Crippen LogP contribution in [0.5, 0.6) is 5.75 Å². The van der Waals surface area contributed by atoms with Gasteiger partial charge in [0.2, 0.25) is 0 Å². The lowest BCUT2D eigenvalue weighted by Crippen LogP contribution is -2.17. The molecule has 0 atom stereocenters. The van der Waals surface area contributed by atoms with Crippen molar-refractivity contribution < 1.29 is 24.5 Å². The van der Waals surface area contributed by atoms with Crippen LogP contribution >= 0.6 is 0 Å². The molecule has 3 rings (SSSR count). The van der Waals surface area contributed by atoms with Gasteiger partial charge in [0.05, 0.1) is 30.1 Å². The Morgan fingerprint density at radius 2 is 1.83 bits per heavy atom. The van der Waals surface area contributed by atoms with Gasteiger partial charge in [-0.05, 0) is 41.7 Å². The Hall–Kier alpha value is -3.68. The highest BCUT2D eigenvalue weighted by atomic mass is 16.5. The summed E-state index contributed by atoms with van der Waals surface area (Å²) in [5, 5.41) is 27.2. The van der Waals surface area contributed by atoms with Crippen LogP contribution in [0.2, 0.25) is 0 Å². The molecule has 8 nitrogen and oxygen atoms in total. The van der Waals surface area contributed by atoms with Gasteiger partial charge in [-0.1, -0.05) is 38.1 Å². The molecule has 2 aromatic carbocycles. The maximum Gasteiger partial charge on any atom is 0.336 e. The van der Waals surface area contributed by atoms with Crippen LogP contribution < -0.4 is 4.74 Å². The zero-order valence-corrected chi connectivity index (χ0v) is 17.2. The number of aromatic carboxylic acids is 2. The van der Waals surface area contributed by atoms with Crippen molar-refractivity contribution in [2.75, 3.05) is 6.61 Å². The Kier molecular flexibility index (Phi) is 5.60. The maximum atomic E-state index is 11.9. The van der Waals surface area contributed by atoms with E-state index in [1.807, 2.05) is 20.8 Å². The van der Waals surface area contributed by atoms with Crippen LogP contribution in [-0.4, -0.2) is 43.8 Å². The first-order valence-corrected chi connectivity index (χ1v) is 9.32. The molecule has 0 spiro atoms. The van der Waals surface area contributed by atoms with Crippen LogP contribution in [-0.2, 0) is 0 Å². The van der Waals surface area contributed by atoms with Crippen molar-refractivity contribution >= 4 is 11.9 Å². The van der Waals surface area contributed by atoms with E-state index in [2.05, 4.69) is 10.3 Å². The third kappa shape index (κ3) is 4.32. The van der Waals surface area contributed by atoms with Gasteiger partial charge in [-0.3, -0.25) is 0 Å². The number of nitrogens with zero attached hydrogens (tertiary/aromatic N) is 3. The Balaban J connectivity index is 2.24. The first-order chi connectivity index (χ1) is 14.1. The summed E-state index contributed by atoms with van der Waals surface area (Å²) < 4.78 is 7.47. The van der Waals surface area contributed by atoms with E-state index in [4.69, 9.17) is 4.74 Å². The fourth-order valence-corrected chi connectivity index (χ4v) is 3.07. The van der Waals surface area contributed by atoms with Gasteiger partial charge in [0.1, 0.15) is 11.4 Å². The number of carboxylic acids is 2. The molecule has 1 heterocycles. The molecule has 8 heteroatoms. The zero-order valence-electron chi connectivity index (χ0n) is 17.2. The molecule has 3 aromatic rings. The second-order valence-corrected chi connectivity index (χ2v) is 8.17. The summed E-state index contributed by atoms with van der Waals surface area (Å²) in [6.07, 6.45) is 3.15. The molecule has 0 saturated carbocycles. The molecule has 30 heavy (non-hydrogen) atoms. The molecule has 0 saturated heterocycles. The molecule has 0 aliphatic carbocycles. The molecule has 0 aliphatic heterocycles. The van der Waals surface area contributed by atoms with E-state index in [0.29, 0.717) is 29.2 Å². The lowest BCUT2D eigenvalue weighted by molar-refractivity contribution is 0.0695. The van der Waals surface area contributed by atoms with Crippen molar-refractivity contribution in [3.05, 3.63) is 59.4 Å². The topological polar surface area (TPSA) is 115 Å². The molecule has 0 bridgehead atoms. The highest BCUT2D eigenvalue weighted by Gasteiger charge is 2.23. The van der Waals surface area contributed by atoms with Crippen LogP contribution in [0.1, 0.15) is 47.1 Å². The molecule has 0 radical (unpaired) electrons. The molecular formula is C22H23N3O5. The van der Waals surface area contributed by atoms with Crippen molar-refractivity contribution in [1.29, 1.82) is 0 Å². The number of aryl methyl sites for hydroxylation is 1. The van der Waals surface area contributed by atoms with Crippen LogP contribution in [0.4, 0.5) is 0 Å². The fourth-order valence-electron chi connectivity index (χ4n) is 3.07. The second-order valence-electron chi connectivity index (χ2n) is 8.17. The number of carbonyl (C=O) groups is 2. The van der Waals surface area contributed by atoms with E-state index in [9.17, 15) is 19.8 Å². The normalized spacial score (nSPS) is 11.3. The fraction of sp³-hybridized carbons (Fsp3) is 0.273. The molecule has 2 N–H and O–H groups in total. The number of rotatable bonds is 6. The molecule has 0 fully saturated rings. The minimum Gasteiger partial charge on any atom is -0.491 e. The average Bonchev–Trinajstić information content (AvgIpc) is 3.19. The minimum absolute atomic E-state index is 0.0530. The van der Waals surface area contributed by atoms with Gasteiger partial charge in [0.15, 0.2) is 0 Å². The molecule has 0 amide bonds. The summed E-state index contributed by atoms with van der Waals surface area (Å²) in [7, 11) is 0. The summed E-state index contributed by atoms with van der Waals surface area (Å²) in [5.41, 5.74) is 1.35. The third-order valence-electron chi connectivity index (χ3n) is 4.44. The van der Waals surface area contributed by atoms with E-state index in [0.717, 1.165) is 0 Å². The minimum atomic E-state index is -1.21. The highest BCUT2D eigenvalue weighted by Crippen LogP contribution is 2.35. The SMILES string of the molecule is Cc1ccc(C(=O)O)c(-c2ccc(OCC(C)(C)C)c(-n3ccnn3)c2)c1C(=O)O.